The first-order valence-electron chi connectivity index (χ1n) is 5.12. The molecule has 1 aliphatic rings. The van der Waals surface area contributed by atoms with Crippen molar-refractivity contribution in [2.75, 3.05) is 11.9 Å². The number of aliphatic imine (C=N–C) groups is 1. The van der Waals surface area contributed by atoms with Gasteiger partial charge in [0.05, 0.1) is 17.3 Å². The first kappa shape index (κ1) is 11.7. The molecule has 0 radical (unpaired) electrons. The maximum Gasteiger partial charge on any atom is 0.161 e. The molecule has 86 valence electrons. The summed E-state index contributed by atoms with van der Waals surface area (Å²) in [6.07, 6.45) is 1.08. The quantitative estimate of drug-likeness (QED) is 0.873. The lowest BCUT2D eigenvalue weighted by molar-refractivity contribution is 0.628. The highest BCUT2D eigenvalue weighted by Gasteiger charge is 2.18. The van der Waals surface area contributed by atoms with E-state index in [0.717, 1.165) is 18.1 Å². The lowest BCUT2D eigenvalue weighted by atomic mass is 10.3. The second-order valence-electron chi connectivity index (χ2n) is 3.54. The average molecular weight is 259 g/mol. The van der Waals surface area contributed by atoms with Gasteiger partial charge in [-0.3, -0.25) is 4.99 Å². The van der Waals surface area contributed by atoms with E-state index in [1.54, 1.807) is 11.8 Å². The molecule has 0 saturated heterocycles. The molecule has 1 aliphatic heterocycles. The predicted molar refractivity (Wildman–Crippen MR) is 69.0 cm³/mol. The number of thioether (sulfide) groups is 1. The van der Waals surface area contributed by atoms with Gasteiger partial charge in [0.2, 0.25) is 0 Å². The summed E-state index contributed by atoms with van der Waals surface area (Å²) in [5.74, 6) is -0.303. The summed E-state index contributed by atoms with van der Waals surface area (Å²) in [4.78, 5) is 4.34. The van der Waals surface area contributed by atoms with Crippen molar-refractivity contribution in [3.05, 3.63) is 29.0 Å². The van der Waals surface area contributed by atoms with Crippen LogP contribution in [-0.4, -0.2) is 17.0 Å². The van der Waals surface area contributed by atoms with E-state index in [1.807, 2.05) is 0 Å². The minimum atomic E-state index is -0.303. The van der Waals surface area contributed by atoms with E-state index in [4.69, 9.17) is 11.6 Å². The van der Waals surface area contributed by atoms with Crippen molar-refractivity contribution in [2.24, 2.45) is 4.99 Å². The Morgan fingerprint density at radius 1 is 1.62 bits per heavy atom. The molecular formula is C11H12ClFN2S. The fourth-order valence-electron chi connectivity index (χ4n) is 1.41. The molecule has 0 spiro atoms. The van der Waals surface area contributed by atoms with Crippen LogP contribution in [-0.2, 0) is 0 Å². The van der Waals surface area contributed by atoms with E-state index >= 15 is 0 Å². The topological polar surface area (TPSA) is 24.4 Å². The molecule has 5 heteroatoms. The molecule has 1 heterocycles. The lowest BCUT2D eigenvalue weighted by Crippen LogP contribution is -2.07. The minimum absolute atomic E-state index is 0.303. The van der Waals surface area contributed by atoms with Crippen molar-refractivity contribution in [2.45, 2.75) is 18.6 Å². The number of nitrogens with zero attached hydrogens (tertiary/aromatic N) is 1. The van der Waals surface area contributed by atoms with E-state index in [1.165, 1.54) is 18.2 Å². The smallest absolute Gasteiger partial charge is 0.161 e. The van der Waals surface area contributed by atoms with Crippen LogP contribution in [0.15, 0.2) is 23.2 Å². The molecule has 0 saturated carbocycles. The first-order valence-corrected chi connectivity index (χ1v) is 6.38. The second kappa shape index (κ2) is 5.06. The number of halogens is 2. The number of hydrogen-bond donors (Lipinski definition) is 1. The molecule has 2 nitrogen and oxygen atoms in total. The Bertz CT molecular complexity index is 422. The summed E-state index contributed by atoms with van der Waals surface area (Å²) < 4.78 is 13.0. The lowest BCUT2D eigenvalue weighted by Gasteiger charge is -2.08. The van der Waals surface area contributed by atoms with Gasteiger partial charge in [0.1, 0.15) is 5.82 Å². The monoisotopic (exact) mass is 258 g/mol. The Labute approximate surface area is 103 Å². The molecule has 0 aromatic heterocycles. The molecule has 1 N–H and O–H groups in total. The number of rotatable bonds is 2. The number of hydrogen-bond acceptors (Lipinski definition) is 3. The molecule has 2 rings (SSSR count). The van der Waals surface area contributed by atoms with Gasteiger partial charge in [0, 0.05) is 5.25 Å². The predicted octanol–water partition coefficient (Wildman–Crippen LogP) is 3.77. The zero-order valence-corrected chi connectivity index (χ0v) is 10.4. The summed E-state index contributed by atoms with van der Waals surface area (Å²) in [5.41, 5.74) is 0.574. The normalized spacial score (nSPS) is 19.7. The molecular weight excluding hydrogens is 247 g/mol. The number of anilines is 1. The molecule has 16 heavy (non-hydrogen) atoms. The van der Waals surface area contributed by atoms with Crippen molar-refractivity contribution in [1.82, 2.24) is 0 Å². The summed E-state index contributed by atoms with van der Waals surface area (Å²) in [6, 6.07) is 4.26. The summed E-state index contributed by atoms with van der Waals surface area (Å²) in [7, 11) is 0. The SMILES string of the molecule is CCC1CN=C(Nc2cc(F)ccc2Cl)S1. The van der Waals surface area contributed by atoms with Crippen molar-refractivity contribution in [3.63, 3.8) is 0 Å². The number of benzene rings is 1. The van der Waals surface area contributed by atoms with Crippen molar-refractivity contribution in [3.8, 4) is 0 Å². The highest BCUT2D eigenvalue weighted by molar-refractivity contribution is 8.15. The van der Waals surface area contributed by atoms with Gasteiger partial charge in [0.25, 0.3) is 0 Å². The van der Waals surface area contributed by atoms with Crippen LogP contribution in [0.5, 0.6) is 0 Å². The Kier molecular flexibility index (Phi) is 3.71. The van der Waals surface area contributed by atoms with Gasteiger partial charge in [-0.2, -0.15) is 0 Å². The third kappa shape index (κ3) is 2.68. The molecule has 0 aliphatic carbocycles. The molecule has 0 bridgehead atoms. The minimum Gasteiger partial charge on any atom is -0.334 e. The van der Waals surface area contributed by atoms with E-state index in [-0.39, 0.29) is 5.82 Å². The van der Waals surface area contributed by atoms with Crippen LogP contribution in [0.4, 0.5) is 10.1 Å². The van der Waals surface area contributed by atoms with Crippen LogP contribution in [0.1, 0.15) is 13.3 Å². The van der Waals surface area contributed by atoms with Crippen LogP contribution < -0.4 is 5.32 Å². The van der Waals surface area contributed by atoms with Crippen LogP contribution in [0, 0.1) is 5.82 Å². The van der Waals surface area contributed by atoms with Crippen molar-refractivity contribution in [1.29, 1.82) is 0 Å². The van der Waals surface area contributed by atoms with E-state index in [9.17, 15) is 4.39 Å². The largest absolute Gasteiger partial charge is 0.334 e. The third-order valence-electron chi connectivity index (χ3n) is 2.34. The van der Waals surface area contributed by atoms with Gasteiger partial charge >= 0.3 is 0 Å². The Balaban J connectivity index is 2.07. The van der Waals surface area contributed by atoms with Gasteiger partial charge in [-0.15, -0.1) is 0 Å². The van der Waals surface area contributed by atoms with Gasteiger partial charge in [0.15, 0.2) is 5.17 Å². The molecule has 0 amide bonds. The Morgan fingerprint density at radius 3 is 3.12 bits per heavy atom. The van der Waals surface area contributed by atoms with Crippen LogP contribution >= 0.6 is 23.4 Å². The molecule has 1 unspecified atom stereocenters. The fraction of sp³-hybridized carbons (Fsp3) is 0.364. The number of amidine groups is 1. The Hall–Kier alpha value is -0.740. The van der Waals surface area contributed by atoms with E-state index in [2.05, 4.69) is 17.2 Å². The average Bonchev–Trinajstić information content (AvgIpc) is 2.71. The molecule has 1 aromatic carbocycles. The summed E-state index contributed by atoms with van der Waals surface area (Å²) >= 11 is 7.63. The first-order chi connectivity index (χ1) is 7.69. The van der Waals surface area contributed by atoms with Crippen LogP contribution in [0.2, 0.25) is 5.02 Å². The number of nitrogens with one attached hydrogen (secondary N) is 1. The maximum absolute atomic E-state index is 13.0. The van der Waals surface area contributed by atoms with Gasteiger partial charge in [-0.25, -0.2) is 4.39 Å². The second-order valence-corrected chi connectivity index (χ2v) is 5.24. The Morgan fingerprint density at radius 2 is 2.44 bits per heavy atom. The standard InChI is InChI=1S/C11H12ClFN2S/c1-2-8-6-14-11(16-8)15-10-5-7(13)3-4-9(10)12/h3-5,8H,2,6H2,1H3,(H,14,15). The fourth-order valence-corrected chi connectivity index (χ4v) is 2.52. The molecule has 0 fully saturated rings. The highest BCUT2D eigenvalue weighted by Crippen LogP contribution is 2.28. The van der Waals surface area contributed by atoms with Crippen molar-refractivity contribution < 1.29 is 4.39 Å². The maximum atomic E-state index is 13.0. The van der Waals surface area contributed by atoms with Crippen molar-refractivity contribution >= 4 is 34.2 Å². The zero-order valence-electron chi connectivity index (χ0n) is 8.84. The summed E-state index contributed by atoms with van der Waals surface area (Å²) in [5, 5.41) is 4.90. The molecule has 1 atom stereocenters. The highest BCUT2D eigenvalue weighted by atomic mass is 35.5. The van der Waals surface area contributed by atoms with Crippen LogP contribution in [0.25, 0.3) is 0 Å². The summed E-state index contributed by atoms with van der Waals surface area (Å²) in [6.45, 7) is 2.95. The van der Waals surface area contributed by atoms with E-state index in [0.29, 0.717) is 16.0 Å². The van der Waals surface area contributed by atoms with Gasteiger partial charge in [-0.05, 0) is 24.6 Å². The van der Waals surface area contributed by atoms with Crippen LogP contribution in [0.3, 0.4) is 0 Å². The third-order valence-corrected chi connectivity index (χ3v) is 3.94. The van der Waals surface area contributed by atoms with Gasteiger partial charge in [-0.1, -0.05) is 30.3 Å². The molecule has 1 aromatic rings. The zero-order chi connectivity index (χ0) is 11.5. The van der Waals surface area contributed by atoms with Gasteiger partial charge < -0.3 is 5.32 Å². The van der Waals surface area contributed by atoms with E-state index < -0.39 is 0 Å².